The third kappa shape index (κ3) is 6.60. The van der Waals surface area contributed by atoms with Gasteiger partial charge in [0.25, 0.3) is 0 Å². The molecule has 0 saturated carbocycles. The van der Waals surface area contributed by atoms with E-state index in [4.69, 9.17) is 10.5 Å². The van der Waals surface area contributed by atoms with Crippen molar-refractivity contribution in [3.05, 3.63) is 29.8 Å². The number of nitrogens with one attached hydrogen (secondary N) is 1. The second-order valence-corrected chi connectivity index (χ2v) is 5.70. The van der Waals surface area contributed by atoms with Crippen LogP contribution in [-0.4, -0.2) is 36.8 Å². The van der Waals surface area contributed by atoms with Gasteiger partial charge in [-0.2, -0.15) is 0 Å². The molecule has 1 rings (SSSR count). The van der Waals surface area contributed by atoms with Crippen LogP contribution in [0.15, 0.2) is 24.3 Å². The Labute approximate surface area is 126 Å². The molecule has 1 aromatic carbocycles. The summed E-state index contributed by atoms with van der Waals surface area (Å²) in [5.74, 6) is 0.536. The summed E-state index contributed by atoms with van der Waals surface area (Å²) >= 11 is 0. The van der Waals surface area contributed by atoms with E-state index < -0.39 is 6.10 Å². The van der Waals surface area contributed by atoms with Crippen molar-refractivity contribution < 1.29 is 14.6 Å². The fraction of sp³-hybridized carbons (Fsp3) is 0.562. The first-order chi connectivity index (χ1) is 9.92. The van der Waals surface area contributed by atoms with Crippen molar-refractivity contribution in [3.63, 3.8) is 0 Å². The van der Waals surface area contributed by atoms with Gasteiger partial charge < -0.3 is 20.9 Å². The number of nitrogens with two attached hydrogens (primary N) is 1. The smallest absolute Gasteiger partial charge is 0.249 e. The Morgan fingerprint density at radius 1 is 1.33 bits per heavy atom. The highest BCUT2D eigenvalue weighted by Gasteiger charge is 2.20. The lowest BCUT2D eigenvalue weighted by atomic mass is 10.0. The molecule has 4 N–H and O–H groups in total. The van der Waals surface area contributed by atoms with E-state index in [-0.39, 0.29) is 17.7 Å². The van der Waals surface area contributed by atoms with Gasteiger partial charge in [-0.25, -0.2) is 0 Å². The second-order valence-electron chi connectivity index (χ2n) is 5.70. The van der Waals surface area contributed by atoms with E-state index >= 15 is 0 Å². The third-order valence-electron chi connectivity index (χ3n) is 3.18. The van der Waals surface area contributed by atoms with E-state index in [0.717, 1.165) is 12.0 Å². The molecule has 2 unspecified atom stereocenters. The molecule has 5 nitrogen and oxygen atoms in total. The van der Waals surface area contributed by atoms with Crippen LogP contribution in [0.3, 0.4) is 0 Å². The van der Waals surface area contributed by atoms with E-state index in [1.165, 1.54) is 0 Å². The molecule has 0 spiro atoms. The molecule has 0 heterocycles. The van der Waals surface area contributed by atoms with Crippen molar-refractivity contribution in [2.45, 2.75) is 38.8 Å². The topological polar surface area (TPSA) is 84.6 Å². The summed E-state index contributed by atoms with van der Waals surface area (Å²) in [6, 6.07) is 6.68. The Morgan fingerprint density at radius 2 is 1.95 bits per heavy atom. The molecule has 21 heavy (non-hydrogen) atoms. The van der Waals surface area contributed by atoms with Gasteiger partial charge in [-0.05, 0) is 30.0 Å². The average molecular weight is 294 g/mol. The molecule has 1 aromatic rings. The highest BCUT2D eigenvalue weighted by atomic mass is 16.5. The maximum Gasteiger partial charge on any atom is 0.249 e. The van der Waals surface area contributed by atoms with Crippen LogP contribution in [0.1, 0.15) is 25.8 Å². The average Bonchev–Trinajstić information content (AvgIpc) is 2.43. The number of benzene rings is 1. The van der Waals surface area contributed by atoms with Crippen molar-refractivity contribution in [2.75, 3.05) is 13.7 Å². The number of phenolic OH excluding ortho intramolecular Hbond substituents is 1. The van der Waals surface area contributed by atoms with Gasteiger partial charge in [0.2, 0.25) is 5.91 Å². The van der Waals surface area contributed by atoms with Gasteiger partial charge in [0.1, 0.15) is 11.9 Å². The third-order valence-corrected chi connectivity index (χ3v) is 3.18. The van der Waals surface area contributed by atoms with Crippen molar-refractivity contribution in [3.8, 4) is 5.75 Å². The zero-order chi connectivity index (χ0) is 15.8. The number of ether oxygens (including phenoxy) is 1. The zero-order valence-electron chi connectivity index (χ0n) is 13.0. The van der Waals surface area contributed by atoms with E-state index in [0.29, 0.717) is 18.9 Å². The Kier molecular flexibility index (Phi) is 7.19. The minimum Gasteiger partial charge on any atom is -0.508 e. The molecule has 0 aliphatic rings. The number of carbonyl (C=O) groups is 1. The molecule has 0 radical (unpaired) electrons. The maximum atomic E-state index is 11.9. The summed E-state index contributed by atoms with van der Waals surface area (Å²) < 4.78 is 5.69. The molecular weight excluding hydrogens is 268 g/mol. The Hall–Kier alpha value is -1.59. The predicted molar refractivity (Wildman–Crippen MR) is 83.0 cm³/mol. The molecule has 5 heteroatoms. The number of aromatic hydroxyl groups is 1. The quantitative estimate of drug-likeness (QED) is 0.677. The lowest BCUT2D eigenvalue weighted by molar-refractivity contribution is -0.132. The predicted octanol–water partition coefficient (Wildman–Crippen LogP) is 1.44. The number of rotatable bonds is 8. The van der Waals surface area contributed by atoms with E-state index in [1.807, 2.05) is 0 Å². The first-order valence-corrected chi connectivity index (χ1v) is 7.29. The highest BCUT2D eigenvalue weighted by molar-refractivity contribution is 5.80. The van der Waals surface area contributed by atoms with E-state index in [2.05, 4.69) is 19.2 Å². The van der Waals surface area contributed by atoms with Crippen LogP contribution in [-0.2, 0) is 16.0 Å². The number of amides is 1. The molecule has 0 bridgehead atoms. The van der Waals surface area contributed by atoms with Gasteiger partial charge in [-0.15, -0.1) is 0 Å². The first kappa shape index (κ1) is 17.5. The summed E-state index contributed by atoms with van der Waals surface area (Å²) in [5, 5.41) is 11.9. The minimum absolute atomic E-state index is 0.0722. The van der Waals surface area contributed by atoms with Gasteiger partial charge in [-0.3, -0.25) is 4.79 Å². The number of hydrogen-bond acceptors (Lipinski definition) is 4. The fourth-order valence-corrected chi connectivity index (χ4v) is 2.15. The van der Waals surface area contributed by atoms with E-state index in [1.54, 1.807) is 31.3 Å². The minimum atomic E-state index is -0.572. The second kappa shape index (κ2) is 8.64. The monoisotopic (exact) mass is 294 g/mol. The van der Waals surface area contributed by atoms with Gasteiger partial charge in [0.15, 0.2) is 0 Å². The molecule has 0 aromatic heterocycles. The SMILES string of the molecule is CNC(=O)C(Cc1ccc(O)cc1)OCC(N)CC(C)C. The largest absolute Gasteiger partial charge is 0.508 e. The van der Waals surface area contributed by atoms with E-state index in [9.17, 15) is 9.90 Å². The Morgan fingerprint density at radius 3 is 2.48 bits per heavy atom. The molecule has 118 valence electrons. The highest BCUT2D eigenvalue weighted by Crippen LogP contribution is 2.13. The van der Waals surface area contributed by atoms with Crippen LogP contribution in [0.25, 0.3) is 0 Å². The Balaban J connectivity index is 2.59. The van der Waals surface area contributed by atoms with Crippen LogP contribution >= 0.6 is 0 Å². The number of hydrogen-bond donors (Lipinski definition) is 3. The summed E-state index contributed by atoms with van der Waals surface area (Å²) in [4.78, 5) is 11.9. The lowest BCUT2D eigenvalue weighted by Gasteiger charge is -2.20. The number of phenols is 1. The molecule has 0 fully saturated rings. The lowest BCUT2D eigenvalue weighted by Crippen LogP contribution is -2.39. The molecule has 2 atom stereocenters. The summed E-state index contributed by atoms with van der Waals surface area (Å²) in [6.07, 6.45) is 0.742. The summed E-state index contributed by atoms with van der Waals surface area (Å²) in [5.41, 5.74) is 6.92. The normalized spacial score (nSPS) is 14.0. The van der Waals surface area contributed by atoms with Crippen LogP contribution < -0.4 is 11.1 Å². The van der Waals surface area contributed by atoms with Crippen LogP contribution in [0.5, 0.6) is 5.75 Å². The van der Waals surface area contributed by atoms with Gasteiger partial charge >= 0.3 is 0 Å². The molecule has 0 aliphatic carbocycles. The van der Waals surface area contributed by atoms with Gasteiger partial charge in [0.05, 0.1) is 6.61 Å². The van der Waals surface area contributed by atoms with Crippen LogP contribution in [0.4, 0.5) is 0 Å². The standard InChI is InChI=1S/C16H26N2O3/c1-11(2)8-13(17)10-21-15(16(20)18-3)9-12-4-6-14(19)7-5-12/h4-7,11,13,15,19H,8-10,17H2,1-3H3,(H,18,20). The van der Waals surface area contributed by atoms with Gasteiger partial charge in [-0.1, -0.05) is 26.0 Å². The van der Waals surface area contributed by atoms with Crippen molar-refractivity contribution in [1.29, 1.82) is 0 Å². The van der Waals surface area contributed by atoms with Crippen molar-refractivity contribution >= 4 is 5.91 Å². The van der Waals surface area contributed by atoms with Crippen molar-refractivity contribution in [1.82, 2.24) is 5.32 Å². The first-order valence-electron chi connectivity index (χ1n) is 7.29. The number of likely N-dealkylation sites (N-methyl/N-ethyl adjacent to an activating group) is 1. The molecule has 1 amide bonds. The zero-order valence-corrected chi connectivity index (χ0v) is 13.0. The summed E-state index contributed by atoms with van der Waals surface area (Å²) in [6.45, 7) is 4.56. The van der Waals surface area contributed by atoms with Crippen LogP contribution in [0, 0.1) is 5.92 Å². The van der Waals surface area contributed by atoms with Gasteiger partial charge in [0, 0.05) is 19.5 Å². The van der Waals surface area contributed by atoms with Crippen LogP contribution in [0.2, 0.25) is 0 Å². The number of carbonyl (C=O) groups excluding carboxylic acids is 1. The molecule has 0 aliphatic heterocycles. The Bertz CT molecular complexity index is 432. The van der Waals surface area contributed by atoms with Crippen molar-refractivity contribution in [2.24, 2.45) is 11.7 Å². The molecular formula is C16H26N2O3. The fourth-order valence-electron chi connectivity index (χ4n) is 2.15. The maximum absolute atomic E-state index is 11.9. The molecule has 0 saturated heterocycles. The summed E-state index contributed by atoms with van der Waals surface area (Å²) in [7, 11) is 1.59.